The van der Waals surface area contributed by atoms with E-state index >= 15 is 0 Å². The Labute approximate surface area is 273 Å². The number of amides is 2. The molecule has 3 aromatic heterocycles. The number of carbonyl (C=O) groups is 1. The summed E-state index contributed by atoms with van der Waals surface area (Å²) in [7, 11) is 1.61. The van der Waals surface area contributed by atoms with Crippen molar-refractivity contribution in [3.63, 3.8) is 0 Å². The van der Waals surface area contributed by atoms with E-state index in [4.69, 9.17) is 15.9 Å². The minimum atomic E-state index is -0.441. The number of carbonyl (C=O) groups excluding carboxylic acids is 1. The van der Waals surface area contributed by atoms with Crippen LogP contribution in [0.15, 0.2) is 84.0 Å². The number of ether oxygens (including phenoxy) is 2. The van der Waals surface area contributed by atoms with E-state index in [9.17, 15) is 9.59 Å². The highest BCUT2D eigenvalue weighted by atomic mass is 127. The summed E-state index contributed by atoms with van der Waals surface area (Å²) in [4.78, 5) is 40.5. The van der Waals surface area contributed by atoms with E-state index in [0.717, 1.165) is 34.1 Å². The molecule has 230 valence electrons. The molecule has 0 radical (unpaired) electrons. The Morgan fingerprint density at radius 1 is 1.00 bits per heavy atom. The summed E-state index contributed by atoms with van der Waals surface area (Å²) in [5.74, 6) is 1.91. The lowest BCUT2D eigenvalue weighted by Crippen LogP contribution is -2.21. The van der Waals surface area contributed by atoms with Crippen molar-refractivity contribution in [2.75, 3.05) is 22.6 Å². The molecule has 0 unspecified atom stereocenters. The lowest BCUT2D eigenvalue weighted by molar-refractivity contribution is 0.262. The number of rotatable bonds is 6. The monoisotopic (exact) mass is 719 g/mol. The Kier molecular flexibility index (Phi) is 8.86. The van der Waals surface area contributed by atoms with Crippen LogP contribution in [0.2, 0.25) is 0 Å². The van der Waals surface area contributed by atoms with E-state index in [0.29, 0.717) is 27.7 Å². The predicted octanol–water partition coefficient (Wildman–Crippen LogP) is 6.85. The molecule has 0 aliphatic rings. The Morgan fingerprint density at radius 3 is 2.44 bits per heavy atom. The van der Waals surface area contributed by atoms with Gasteiger partial charge in [0.05, 0.1) is 30.4 Å². The molecule has 0 saturated carbocycles. The van der Waals surface area contributed by atoms with E-state index in [1.807, 2.05) is 77.2 Å². The summed E-state index contributed by atoms with van der Waals surface area (Å²) in [5, 5.41) is 12.2. The number of anilines is 2. The Balaban J connectivity index is 0.00000134. The largest absolute Gasteiger partial charge is 0.497 e. The lowest BCUT2D eigenvalue weighted by atomic mass is 9.92. The van der Waals surface area contributed by atoms with Crippen molar-refractivity contribution in [2.24, 2.45) is 0 Å². The van der Waals surface area contributed by atoms with Crippen LogP contribution in [0.5, 0.6) is 17.4 Å². The van der Waals surface area contributed by atoms with Gasteiger partial charge in [-0.2, -0.15) is 10.1 Å². The molecule has 12 nitrogen and oxygen atoms in total. The van der Waals surface area contributed by atoms with Gasteiger partial charge in [-0.3, -0.25) is 10.1 Å². The lowest BCUT2D eigenvalue weighted by Gasteiger charge is -2.14. The topological polar surface area (TPSA) is 149 Å². The molecule has 6 aromatic rings. The van der Waals surface area contributed by atoms with E-state index in [2.05, 4.69) is 51.3 Å². The first-order chi connectivity index (χ1) is 22.1. The zero-order valence-corrected chi connectivity index (χ0v) is 27.1. The highest BCUT2D eigenvalue weighted by Gasteiger charge is 2.22. The second-order valence-electron chi connectivity index (χ2n) is 10.7. The van der Waals surface area contributed by atoms with Crippen LogP contribution >= 0.6 is 22.6 Å². The molecular weight excluding hydrogens is 687 g/mol. The molecule has 0 spiro atoms. The van der Waals surface area contributed by atoms with Crippen LogP contribution in [-0.2, 0) is 5.41 Å². The Hall–Kier alpha value is -5.05. The number of H-pyrrole nitrogens is 1. The maximum atomic E-state index is 13.3. The standard InChI is InChI=1S/C31H28N8O4.CH3I/c1-31(2,3)24-15-25(39(38-24)18-9-11-19(42-4)12-10-18)36-30(41)35-22-13-14-23(21-8-6-5-7-20(21)22)43-29-27-28(33-17-34-29)37-26(40)16-32-27;1-2/h5-17H,1-4H3,(H2,35,36,41)(H,33,34,37,40);1H3/i;1D. The second kappa shape index (κ2) is 13.3. The van der Waals surface area contributed by atoms with Crippen molar-refractivity contribution in [2.45, 2.75) is 26.2 Å². The molecule has 6 rings (SSSR count). The number of methoxy groups -OCH3 is 1. The summed E-state index contributed by atoms with van der Waals surface area (Å²) >= 11 is 1.96. The van der Waals surface area contributed by atoms with Crippen LogP contribution in [0, 0.1) is 0 Å². The van der Waals surface area contributed by atoms with Gasteiger partial charge < -0.3 is 19.8 Å². The molecule has 45 heavy (non-hydrogen) atoms. The van der Waals surface area contributed by atoms with Crippen molar-refractivity contribution in [1.29, 1.82) is 0 Å². The number of fused-ring (bicyclic) bond motifs is 2. The molecule has 3 heterocycles. The first-order valence-corrected chi connectivity index (χ1v) is 15.2. The van der Waals surface area contributed by atoms with Crippen molar-refractivity contribution in [3.05, 3.63) is 95.3 Å². The Bertz CT molecular complexity index is 2060. The van der Waals surface area contributed by atoms with Gasteiger partial charge in [0.1, 0.15) is 23.6 Å². The van der Waals surface area contributed by atoms with Crippen molar-refractivity contribution < 1.29 is 15.6 Å². The fourth-order valence-corrected chi connectivity index (χ4v) is 4.52. The van der Waals surface area contributed by atoms with Gasteiger partial charge in [0.2, 0.25) is 0 Å². The summed E-state index contributed by atoms with van der Waals surface area (Å²) in [6, 6.07) is 19.8. The molecule has 0 atom stereocenters. The van der Waals surface area contributed by atoms with Gasteiger partial charge in [0.25, 0.3) is 11.4 Å². The maximum absolute atomic E-state index is 13.3. The van der Waals surface area contributed by atoms with E-state index in [1.165, 1.54) is 6.33 Å². The predicted molar refractivity (Wildman–Crippen MR) is 183 cm³/mol. The zero-order chi connectivity index (χ0) is 32.8. The van der Waals surface area contributed by atoms with Crippen LogP contribution in [0.3, 0.4) is 0 Å². The molecule has 0 saturated heterocycles. The fraction of sp³-hybridized carbons (Fsp3) is 0.188. The van der Waals surface area contributed by atoms with Gasteiger partial charge in [-0.05, 0) is 41.3 Å². The molecule has 0 aliphatic heterocycles. The second-order valence-corrected chi connectivity index (χ2v) is 10.7. The van der Waals surface area contributed by atoms with Crippen LogP contribution in [-0.4, -0.2) is 47.8 Å². The number of hydrogen-bond donors (Lipinski definition) is 3. The number of halogens is 1. The van der Waals surface area contributed by atoms with Gasteiger partial charge in [0.15, 0.2) is 11.2 Å². The average molecular weight is 720 g/mol. The van der Waals surface area contributed by atoms with Gasteiger partial charge >= 0.3 is 6.03 Å². The molecule has 0 fully saturated rings. The number of aromatic nitrogens is 6. The van der Waals surface area contributed by atoms with Gasteiger partial charge in [-0.15, -0.1) is 0 Å². The van der Waals surface area contributed by atoms with Gasteiger partial charge in [0, 0.05) is 23.6 Å². The van der Waals surface area contributed by atoms with E-state index in [-0.39, 0.29) is 22.5 Å². The smallest absolute Gasteiger partial charge is 0.324 e. The minimum absolute atomic E-state index is 0.186. The molecular formula is C32H31IN8O4. The SMILES string of the molecule is COc1ccc(-n2nc(C(C)(C)C)cc2NC(=O)Nc2ccc(Oc3ncnc4[nH]c(=O)cnc34)c3ccccc23)cc1.[2H]CI. The highest BCUT2D eigenvalue weighted by molar-refractivity contribution is 14.1. The number of nitrogens with one attached hydrogen (secondary N) is 3. The third kappa shape index (κ3) is 6.87. The van der Waals surface area contributed by atoms with Gasteiger partial charge in [-0.1, -0.05) is 67.6 Å². The first kappa shape index (κ1) is 30.0. The van der Waals surface area contributed by atoms with Gasteiger partial charge in [-0.25, -0.2) is 19.4 Å². The van der Waals surface area contributed by atoms with Crippen LogP contribution in [0.25, 0.3) is 27.6 Å². The quantitative estimate of drug-likeness (QED) is 0.125. The normalized spacial score (nSPS) is 11.4. The molecule has 3 aromatic carbocycles. The number of benzene rings is 3. The molecule has 0 bridgehead atoms. The van der Waals surface area contributed by atoms with E-state index < -0.39 is 6.03 Å². The molecule has 13 heteroatoms. The summed E-state index contributed by atoms with van der Waals surface area (Å²) in [5.41, 5.74) is 2.13. The fourth-order valence-electron chi connectivity index (χ4n) is 4.52. The number of urea groups is 1. The number of hydrogen-bond acceptors (Lipinski definition) is 8. The summed E-state index contributed by atoms with van der Waals surface area (Å²) in [6.45, 7) is 6.19. The van der Waals surface area contributed by atoms with Crippen LogP contribution < -0.4 is 25.7 Å². The minimum Gasteiger partial charge on any atom is -0.497 e. The number of nitrogens with zero attached hydrogens (tertiary/aromatic N) is 5. The number of aromatic amines is 1. The maximum Gasteiger partial charge on any atom is 0.324 e. The molecule has 3 N–H and O–H groups in total. The third-order valence-electron chi connectivity index (χ3n) is 6.72. The van der Waals surface area contributed by atoms with Crippen LogP contribution in [0.4, 0.5) is 16.3 Å². The summed E-state index contributed by atoms with van der Waals surface area (Å²) in [6.07, 6.45) is 2.44. The Morgan fingerprint density at radius 2 is 1.73 bits per heavy atom. The summed E-state index contributed by atoms with van der Waals surface area (Å²) < 4.78 is 19.3. The highest BCUT2D eigenvalue weighted by Crippen LogP contribution is 2.35. The zero-order valence-electron chi connectivity index (χ0n) is 26.0. The molecule has 2 amide bonds. The third-order valence-corrected chi connectivity index (χ3v) is 6.72. The molecule has 0 aliphatic carbocycles. The number of alkyl halides is 1. The first-order valence-electron chi connectivity index (χ1n) is 14.4. The van der Waals surface area contributed by atoms with Crippen molar-refractivity contribution >= 4 is 62.1 Å². The average Bonchev–Trinajstić information content (AvgIpc) is 3.47. The van der Waals surface area contributed by atoms with Crippen molar-refractivity contribution in [3.8, 4) is 23.1 Å². The van der Waals surface area contributed by atoms with Crippen molar-refractivity contribution in [1.82, 2.24) is 29.7 Å². The van der Waals surface area contributed by atoms with E-state index in [1.54, 1.807) is 23.9 Å². The van der Waals surface area contributed by atoms with Crippen LogP contribution in [0.1, 0.15) is 27.8 Å².